The molecule has 1 radical (unpaired) electrons. The van der Waals surface area contributed by atoms with Gasteiger partial charge in [-0.15, -0.1) is 0 Å². The average molecular weight is 404 g/mol. The standard InChI is InChI=1S/C14H32N4.Cu.2N3/c1-13-5-9-17(3)12-8-16-14(2)6-10-18(4)11-7-15-13;;2*1-3-2/h13-16H,5-12H2,1-4H3;;;/q;+2;2*-1/t13-,14+;;;. The van der Waals surface area contributed by atoms with Crippen LogP contribution in [0.1, 0.15) is 26.7 Å². The second-order valence-corrected chi connectivity index (χ2v) is 6.07. The summed E-state index contributed by atoms with van der Waals surface area (Å²) in [5, 5.41) is 7.23. The first kappa shape index (κ1) is 28.8. The van der Waals surface area contributed by atoms with Crippen LogP contribution in [0.3, 0.4) is 0 Å². The van der Waals surface area contributed by atoms with Crippen LogP contribution in [-0.2, 0) is 17.1 Å². The Bertz CT molecular complexity index is 302. The molecule has 2 N–H and O–H groups in total. The van der Waals surface area contributed by atoms with Crippen molar-refractivity contribution in [3.05, 3.63) is 31.9 Å². The molecule has 11 heteroatoms. The first-order chi connectivity index (χ1) is 11.4. The van der Waals surface area contributed by atoms with Crippen molar-refractivity contribution >= 4 is 0 Å². The Morgan fingerprint density at radius 2 is 1.00 bits per heavy atom. The van der Waals surface area contributed by atoms with Gasteiger partial charge in [0.25, 0.3) is 0 Å². The van der Waals surface area contributed by atoms with E-state index in [1.807, 2.05) is 0 Å². The summed E-state index contributed by atoms with van der Waals surface area (Å²) in [6, 6.07) is 1.24. The fourth-order valence-electron chi connectivity index (χ4n) is 2.26. The second-order valence-electron chi connectivity index (χ2n) is 6.07. The van der Waals surface area contributed by atoms with Crippen LogP contribution < -0.4 is 10.6 Å². The summed E-state index contributed by atoms with van der Waals surface area (Å²) in [6.45, 7) is 11.4. The zero-order chi connectivity index (χ0) is 18.8. The summed E-state index contributed by atoms with van der Waals surface area (Å²) < 4.78 is 0. The molecule has 1 fully saturated rings. The molecule has 1 aliphatic heterocycles. The van der Waals surface area contributed by atoms with Crippen LogP contribution in [-0.4, -0.2) is 75.2 Å². The number of nitrogens with one attached hydrogen (secondary N) is 2. The van der Waals surface area contributed by atoms with E-state index in [1.54, 1.807) is 0 Å². The number of hydrogen-bond donors (Lipinski definition) is 2. The van der Waals surface area contributed by atoms with Gasteiger partial charge in [0, 0.05) is 38.3 Å². The molecule has 25 heavy (non-hydrogen) atoms. The van der Waals surface area contributed by atoms with Crippen molar-refractivity contribution in [1.82, 2.24) is 20.4 Å². The van der Waals surface area contributed by atoms with Gasteiger partial charge in [0.1, 0.15) is 0 Å². The van der Waals surface area contributed by atoms with Crippen LogP contribution in [0.5, 0.6) is 0 Å². The molecule has 1 aliphatic rings. The Morgan fingerprint density at radius 1 is 0.720 bits per heavy atom. The molecule has 1 heterocycles. The van der Waals surface area contributed by atoms with E-state index >= 15 is 0 Å². The van der Waals surface area contributed by atoms with E-state index in [2.05, 4.69) is 48.4 Å². The number of rotatable bonds is 0. The Labute approximate surface area is 162 Å². The van der Waals surface area contributed by atoms with Gasteiger partial charge >= 0.3 is 17.1 Å². The van der Waals surface area contributed by atoms with Gasteiger partial charge in [0.2, 0.25) is 0 Å². The summed E-state index contributed by atoms with van der Waals surface area (Å²) >= 11 is 0. The van der Waals surface area contributed by atoms with Gasteiger partial charge in [0.05, 0.1) is 0 Å². The van der Waals surface area contributed by atoms with Crippen molar-refractivity contribution < 1.29 is 17.1 Å². The topological polar surface area (TPSA) is 148 Å². The van der Waals surface area contributed by atoms with E-state index in [9.17, 15) is 0 Å². The molecule has 0 aromatic heterocycles. The van der Waals surface area contributed by atoms with E-state index in [0.717, 1.165) is 26.2 Å². The normalized spacial score (nSPS) is 23.7. The van der Waals surface area contributed by atoms with Gasteiger partial charge in [-0.1, -0.05) is 0 Å². The van der Waals surface area contributed by atoms with Crippen LogP contribution in [0.25, 0.3) is 31.9 Å². The first-order valence-corrected chi connectivity index (χ1v) is 8.21. The van der Waals surface area contributed by atoms with Crippen LogP contribution >= 0.6 is 0 Å². The monoisotopic (exact) mass is 403 g/mol. The Kier molecular flexibility index (Phi) is 24.2. The van der Waals surface area contributed by atoms with Crippen LogP contribution in [0.2, 0.25) is 0 Å². The molecule has 0 aromatic carbocycles. The summed E-state index contributed by atoms with van der Waals surface area (Å²) in [7, 11) is 4.44. The summed E-state index contributed by atoms with van der Waals surface area (Å²) in [5.41, 5.74) is 27.0. The molecule has 1 saturated heterocycles. The third-order valence-corrected chi connectivity index (χ3v) is 3.86. The Hall–Kier alpha value is -1.02. The predicted molar refractivity (Wildman–Crippen MR) is 99.3 cm³/mol. The number of likely N-dealkylation sites (N-methyl/N-ethyl adjacent to an activating group) is 2. The minimum Gasteiger partial charge on any atom is -0.373 e. The molecule has 0 amide bonds. The molecule has 10 nitrogen and oxygen atoms in total. The van der Waals surface area contributed by atoms with E-state index in [1.165, 1.54) is 35.8 Å². The van der Waals surface area contributed by atoms with E-state index in [0.29, 0.717) is 12.1 Å². The maximum Gasteiger partial charge on any atom is 2.00 e. The molecule has 0 unspecified atom stereocenters. The number of nitrogens with zero attached hydrogens (tertiary/aromatic N) is 8. The molecule has 0 aliphatic carbocycles. The summed E-state index contributed by atoms with van der Waals surface area (Å²) in [5.74, 6) is 0. The average Bonchev–Trinajstić information content (AvgIpc) is 2.52. The van der Waals surface area contributed by atoms with Crippen molar-refractivity contribution in [2.24, 2.45) is 0 Å². The fourth-order valence-corrected chi connectivity index (χ4v) is 2.26. The molecule has 0 saturated carbocycles. The van der Waals surface area contributed by atoms with Crippen LogP contribution in [0.4, 0.5) is 0 Å². The molecule has 0 aromatic rings. The van der Waals surface area contributed by atoms with Gasteiger partial charge in [-0.3, -0.25) is 9.82 Å². The fraction of sp³-hybridized carbons (Fsp3) is 1.00. The molecular formula is C14H32CuN10. The van der Waals surface area contributed by atoms with Crippen molar-refractivity contribution in [3.8, 4) is 0 Å². The summed E-state index contributed by atoms with van der Waals surface area (Å²) in [6.07, 6.45) is 2.46. The quantitative estimate of drug-likeness (QED) is 0.276. The van der Waals surface area contributed by atoms with E-state index in [4.69, 9.17) is 22.1 Å². The maximum atomic E-state index is 6.75. The maximum absolute atomic E-state index is 6.75. The smallest absolute Gasteiger partial charge is 0.373 e. The first-order valence-electron chi connectivity index (χ1n) is 8.21. The molecule has 0 spiro atoms. The van der Waals surface area contributed by atoms with E-state index < -0.39 is 0 Å². The molecule has 1 rings (SSSR count). The van der Waals surface area contributed by atoms with Gasteiger partial charge in [-0.2, -0.15) is 0 Å². The van der Waals surface area contributed by atoms with Crippen molar-refractivity contribution in [2.45, 2.75) is 38.8 Å². The molecule has 0 bridgehead atoms. The molecule has 149 valence electrons. The van der Waals surface area contributed by atoms with Gasteiger partial charge < -0.3 is 42.6 Å². The van der Waals surface area contributed by atoms with Crippen LogP contribution in [0.15, 0.2) is 0 Å². The van der Waals surface area contributed by atoms with Crippen molar-refractivity contribution in [3.63, 3.8) is 0 Å². The van der Waals surface area contributed by atoms with Gasteiger partial charge in [0.15, 0.2) is 0 Å². The largest absolute Gasteiger partial charge is 2.00 e. The van der Waals surface area contributed by atoms with E-state index in [-0.39, 0.29) is 17.1 Å². The minimum atomic E-state index is 0. The Morgan fingerprint density at radius 3 is 1.28 bits per heavy atom. The number of hydrogen-bond acceptors (Lipinski definition) is 4. The zero-order valence-electron chi connectivity index (χ0n) is 15.7. The van der Waals surface area contributed by atoms with Gasteiger partial charge in [-0.05, 0) is 53.9 Å². The predicted octanol–water partition coefficient (Wildman–Crippen LogP) is 2.33. The van der Waals surface area contributed by atoms with Crippen molar-refractivity contribution in [2.75, 3.05) is 53.4 Å². The van der Waals surface area contributed by atoms with Gasteiger partial charge in [-0.25, -0.2) is 0 Å². The second kappa shape index (κ2) is 21.0. The summed E-state index contributed by atoms with van der Waals surface area (Å²) in [4.78, 5) is 7.85. The third-order valence-electron chi connectivity index (χ3n) is 3.86. The van der Waals surface area contributed by atoms with Crippen LogP contribution in [0, 0.1) is 0 Å². The van der Waals surface area contributed by atoms with Crippen molar-refractivity contribution in [1.29, 1.82) is 0 Å². The molecule has 2 atom stereocenters. The molecular weight excluding hydrogens is 372 g/mol. The minimum absolute atomic E-state index is 0. The zero-order valence-corrected chi connectivity index (χ0v) is 16.6. The third kappa shape index (κ3) is 23.0. The Balaban J connectivity index is -0.000000606. The SMILES string of the molecule is C[C@@H]1CCN(C)CCN[C@@H](C)CCN(C)CCN1.[Cu+2].[N-]=[N+]=[N-].[N-]=[N+]=[N-].